The summed E-state index contributed by atoms with van der Waals surface area (Å²) in [6.45, 7) is 13.6. The van der Waals surface area contributed by atoms with Gasteiger partial charge in [-0.15, -0.1) is 0 Å². The first-order chi connectivity index (χ1) is 15.8. The first-order valence-corrected chi connectivity index (χ1v) is 11.9. The second-order valence-corrected chi connectivity index (χ2v) is 8.93. The van der Waals surface area contributed by atoms with Gasteiger partial charge in [-0.05, 0) is 51.7 Å². The van der Waals surface area contributed by atoms with Crippen molar-refractivity contribution in [3.05, 3.63) is 28.5 Å². The number of esters is 1. The molecule has 1 aliphatic rings. The third-order valence-corrected chi connectivity index (χ3v) is 6.56. The van der Waals surface area contributed by atoms with Crippen molar-refractivity contribution in [2.75, 3.05) is 26.4 Å². The van der Waals surface area contributed by atoms with E-state index < -0.39 is 5.60 Å². The van der Waals surface area contributed by atoms with E-state index in [1.165, 1.54) is 0 Å². The maximum Gasteiger partial charge on any atom is 0.309 e. The van der Waals surface area contributed by atoms with Gasteiger partial charge in [0.05, 0.1) is 55.2 Å². The lowest BCUT2D eigenvalue weighted by Crippen LogP contribution is -2.43. The maximum absolute atomic E-state index is 12.6. The molecule has 2 aromatic rings. The van der Waals surface area contributed by atoms with E-state index in [2.05, 4.69) is 24.9 Å². The van der Waals surface area contributed by atoms with Crippen LogP contribution in [0, 0.1) is 24.2 Å². The van der Waals surface area contributed by atoms with Gasteiger partial charge in [-0.3, -0.25) is 4.79 Å². The Morgan fingerprint density at radius 3 is 2.70 bits per heavy atom. The Balaban J connectivity index is 2.11. The summed E-state index contributed by atoms with van der Waals surface area (Å²) in [6, 6.07) is 4.16. The van der Waals surface area contributed by atoms with E-state index in [1.807, 2.05) is 26.8 Å². The molecule has 0 amide bonds. The van der Waals surface area contributed by atoms with Crippen LogP contribution >= 0.6 is 0 Å². The van der Waals surface area contributed by atoms with Gasteiger partial charge >= 0.3 is 5.97 Å². The number of H-pyrrole nitrogens is 1. The highest BCUT2D eigenvalue weighted by atomic mass is 16.5. The highest BCUT2D eigenvalue weighted by molar-refractivity contribution is 5.94. The van der Waals surface area contributed by atoms with Gasteiger partial charge in [0, 0.05) is 10.9 Å². The molecule has 2 heterocycles. The van der Waals surface area contributed by atoms with E-state index in [4.69, 9.17) is 18.9 Å². The Hall–Kier alpha value is -2.56. The van der Waals surface area contributed by atoms with Crippen LogP contribution in [0.4, 0.5) is 0 Å². The first-order valence-electron chi connectivity index (χ1n) is 11.9. The molecule has 7 nitrogen and oxygen atoms in total. The van der Waals surface area contributed by atoms with Crippen molar-refractivity contribution in [1.82, 2.24) is 4.98 Å². The number of carbonyl (C=O) groups is 1. The number of ether oxygens (including phenoxy) is 4. The molecule has 0 saturated carbocycles. The summed E-state index contributed by atoms with van der Waals surface area (Å²) in [5.74, 6) is 0.449. The van der Waals surface area contributed by atoms with E-state index in [0.717, 1.165) is 34.1 Å². The fourth-order valence-electron chi connectivity index (χ4n) is 4.70. The topological polar surface area (TPSA) is 93.6 Å². The van der Waals surface area contributed by atoms with Crippen LogP contribution in [0.3, 0.4) is 0 Å². The number of nitrogens with one attached hydrogen (secondary N) is 1. The molecule has 180 valence electrons. The van der Waals surface area contributed by atoms with E-state index in [0.29, 0.717) is 44.2 Å². The summed E-state index contributed by atoms with van der Waals surface area (Å²) < 4.78 is 23.2. The van der Waals surface area contributed by atoms with Crippen LogP contribution in [-0.4, -0.2) is 43.5 Å². The van der Waals surface area contributed by atoms with Crippen molar-refractivity contribution in [1.29, 1.82) is 5.26 Å². The van der Waals surface area contributed by atoms with Gasteiger partial charge in [0.2, 0.25) is 0 Å². The van der Waals surface area contributed by atoms with E-state index in [1.54, 1.807) is 6.92 Å². The molecule has 1 N–H and O–H groups in total. The van der Waals surface area contributed by atoms with Gasteiger partial charge in [-0.1, -0.05) is 20.3 Å². The largest absolute Gasteiger partial charge is 0.491 e. The average Bonchev–Trinajstić information content (AvgIpc) is 3.19. The van der Waals surface area contributed by atoms with Gasteiger partial charge in [0.25, 0.3) is 0 Å². The minimum absolute atomic E-state index is 0.0729. The fourth-order valence-corrected chi connectivity index (χ4v) is 4.70. The quantitative estimate of drug-likeness (QED) is 0.403. The zero-order valence-electron chi connectivity index (χ0n) is 20.7. The molecule has 2 unspecified atom stereocenters. The molecule has 0 aliphatic carbocycles. The van der Waals surface area contributed by atoms with Gasteiger partial charge < -0.3 is 23.9 Å². The Bertz CT molecular complexity index is 1040. The number of rotatable bonds is 10. The SMILES string of the molecule is CCOC(=O)CC1(C(C)CC)OCCc2c1[nH]c1c(C)c(OCCOC(C)C)cc(C#N)c21. The standard InChI is InChI=1S/C26H36N2O5/c1-7-17(5)26(14-22(29)30-8-2)25-20(9-10-33-26)23-19(15-27)13-21(18(6)24(23)28-25)32-12-11-31-16(3)4/h13,16-17,28H,7-12,14H2,1-6H3. The van der Waals surface area contributed by atoms with E-state index in [-0.39, 0.29) is 24.4 Å². The Labute approximate surface area is 196 Å². The Kier molecular flexibility index (Phi) is 8.04. The summed E-state index contributed by atoms with van der Waals surface area (Å²) in [5, 5.41) is 10.9. The van der Waals surface area contributed by atoms with Gasteiger partial charge in [0.1, 0.15) is 18.0 Å². The van der Waals surface area contributed by atoms with Crippen LogP contribution in [-0.2, 0) is 31.0 Å². The lowest BCUT2D eigenvalue weighted by molar-refractivity contribution is -0.160. The summed E-state index contributed by atoms with van der Waals surface area (Å²) >= 11 is 0. The lowest BCUT2D eigenvalue weighted by atomic mass is 9.77. The molecule has 0 bridgehead atoms. The van der Waals surface area contributed by atoms with E-state index in [9.17, 15) is 10.1 Å². The van der Waals surface area contributed by atoms with Crippen LogP contribution in [0.5, 0.6) is 5.75 Å². The Morgan fingerprint density at radius 2 is 2.06 bits per heavy atom. The molecule has 0 fully saturated rings. The van der Waals surface area contributed by atoms with Gasteiger partial charge in [0.15, 0.2) is 0 Å². The molecule has 3 rings (SSSR count). The number of hydrogen-bond acceptors (Lipinski definition) is 6. The fraction of sp³-hybridized carbons (Fsp3) is 0.615. The van der Waals surface area contributed by atoms with Crippen molar-refractivity contribution in [3.8, 4) is 11.8 Å². The predicted octanol–water partition coefficient (Wildman–Crippen LogP) is 4.92. The van der Waals surface area contributed by atoms with Crippen LogP contribution in [0.1, 0.15) is 69.8 Å². The summed E-state index contributed by atoms with van der Waals surface area (Å²) in [4.78, 5) is 16.2. The van der Waals surface area contributed by atoms with Crippen molar-refractivity contribution < 1.29 is 23.7 Å². The highest BCUT2D eigenvalue weighted by Gasteiger charge is 2.46. The molecule has 1 aliphatic heterocycles. The minimum atomic E-state index is -0.821. The molecule has 1 aromatic carbocycles. The molecule has 0 radical (unpaired) electrons. The number of aromatic amines is 1. The number of aromatic nitrogens is 1. The van der Waals surface area contributed by atoms with Crippen LogP contribution in [0.25, 0.3) is 10.9 Å². The third-order valence-electron chi connectivity index (χ3n) is 6.56. The second-order valence-electron chi connectivity index (χ2n) is 8.93. The number of nitrogens with zero attached hydrogens (tertiary/aromatic N) is 1. The van der Waals surface area contributed by atoms with Gasteiger partial charge in [-0.25, -0.2) is 0 Å². The highest BCUT2D eigenvalue weighted by Crippen LogP contribution is 2.47. The summed E-state index contributed by atoms with van der Waals surface area (Å²) in [7, 11) is 0. The van der Waals surface area contributed by atoms with Crippen LogP contribution in [0.15, 0.2) is 6.07 Å². The molecule has 7 heteroatoms. The van der Waals surface area contributed by atoms with Crippen molar-refractivity contribution in [2.24, 2.45) is 5.92 Å². The van der Waals surface area contributed by atoms with Gasteiger partial charge in [-0.2, -0.15) is 5.26 Å². The number of hydrogen-bond donors (Lipinski definition) is 1. The molecule has 2 atom stereocenters. The smallest absolute Gasteiger partial charge is 0.309 e. The zero-order chi connectivity index (χ0) is 24.2. The number of carbonyl (C=O) groups excluding carboxylic acids is 1. The third kappa shape index (κ3) is 4.87. The number of fused-ring (bicyclic) bond motifs is 3. The average molecular weight is 457 g/mol. The summed E-state index contributed by atoms with van der Waals surface area (Å²) in [6.07, 6.45) is 1.78. The number of aryl methyl sites for hydroxylation is 1. The monoisotopic (exact) mass is 456 g/mol. The maximum atomic E-state index is 12.6. The van der Waals surface area contributed by atoms with E-state index >= 15 is 0 Å². The molecule has 33 heavy (non-hydrogen) atoms. The van der Waals surface area contributed by atoms with Crippen LogP contribution in [0.2, 0.25) is 0 Å². The number of benzene rings is 1. The zero-order valence-corrected chi connectivity index (χ0v) is 20.7. The first kappa shape index (κ1) is 25.1. The molecule has 0 spiro atoms. The molecular formula is C26H36N2O5. The van der Waals surface area contributed by atoms with Crippen molar-refractivity contribution in [3.63, 3.8) is 0 Å². The minimum Gasteiger partial charge on any atom is -0.491 e. The van der Waals surface area contributed by atoms with Crippen molar-refractivity contribution >= 4 is 16.9 Å². The molecular weight excluding hydrogens is 420 g/mol. The number of nitriles is 1. The molecule has 0 saturated heterocycles. The van der Waals surface area contributed by atoms with Crippen LogP contribution < -0.4 is 4.74 Å². The normalized spacial score (nSPS) is 18.7. The molecule has 1 aromatic heterocycles. The second kappa shape index (κ2) is 10.6. The lowest BCUT2D eigenvalue weighted by Gasteiger charge is -2.41. The predicted molar refractivity (Wildman–Crippen MR) is 126 cm³/mol. The summed E-state index contributed by atoms with van der Waals surface area (Å²) in [5.41, 5.74) is 3.46. The van der Waals surface area contributed by atoms with Crippen molar-refractivity contribution in [2.45, 2.75) is 72.5 Å². The Morgan fingerprint density at radius 1 is 1.30 bits per heavy atom.